The molecule has 0 rings (SSSR count). The van der Waals surface area contributed by atoms with Crippen LogP contribution in [-0.4, -0.2) is 71.0 Å². The second kappa shape index (κ2) is 18.3. The molecule has 0 radical (unpaired) electrons. The smallest absolute Gasteiger partial charge is 1.00 e. The van der Waals surface area contributed by atoms with E-state index < -0.39 is 17.9 Å². The first-order valence-electron chi connectivity index (χ1n) is 9.48. The molecular formula is C19H38BaO4. The number of carbonyl (C=O) groups is 2. The van der Waals surface area contributed by atoms with Crippen molar-refractivity contribution in [3.8, 4) is 0 Å². The van der Waals surface area contributed by atoms with Crippen LogP contribution in [0.4, 0.5) is 0 Å². The van der Waals surface area contributed by atoms with Crippen LogP contribution in [0.3, 0.4) is 0 Å². The van der Waals surface area contributed by atoms with E-state index in [1.165, 1.54) is 44.9 Å². The molecule has 0 saturated heterocycles. The summed E-state index contributed by atoms with van der Waals surface area (Å²) in [5.41, 5.74) is 0. The van der Waals surface area contributed by atoms with Crippen molar-refractivity contribution in [2.75, 3.05) is 0 Å². The molecule has 0 bridgehead atoms. The van der Waals surface area contributed by atoms with Crippen LogP contribution in [-0.2, 0) is 9.59 Å². The van der Waals surface area contributed by atoms with E-state index in [1.807, 2.05) is 0 Å². The monoisotopic (exact) mass is 468 g/mol. The Morgan fingerprint density at radius 1 is 0.750 bits per heavy atom. The van der Waals surface area contributed by atoms with Crippen molar-refractivity contribution in [2.45, 2.75) is 97.3 Å². The Kier molecular flexibility index (Phi) is 20.4. The van der Waals surface area contributed by atoms with E-state index in [0.29, 0.717) is 0 Å². The molecule has 5 heteroatoms. The third kappa shape index (κ3) is 14.8. The normalized spacial score (nSPS) is 12.0. The molecule has 24 heavy (non-hydrogen) atoms. The number of rotatable bonds is 16. The molecule has 0 aliphatic heterocycles. The van der Waals surface area contributed by atoms with Gasteiger partial charge in [-0.2, -0.15) is 0 Å². The summed E-state index contributed by atoms with van der Waals surface area (Å²) in [4.78, 5) is 22.1. The topological polar surface area (TPSA) is 74.6 Å². The fraction of sp³-hybridized carbons (Fsp3) is 0.895. The molecule has 4 nitrogen and oxygen atoms in total. The summed E-state index contributed by atoms with van der Waals surface area (Å²) < 4.78 is 0. The Hall–Kier alpha value is 0.511. The van der Waals surface area contributed by atoms with Crippen LogP contribution in [0.5, 0.6) is 0 Å². The van der Waals surface area contributed by atoms with Gasteiger partial charge in [0.15, 0.2) is 5.92 Å². The number of hydrogen-bond donors (Lipinski definition) is 2. The van der Waals surface area contributed by atoms with Gasteiger partial charge in [-0.3, -0.25) is 9.59 Å². The summed E-state index contributed by atoms with van der Waals surface area (Å²) >= 11 is 0. The van der Waals surface area contributed by atoms with Crippen LogP contribution in [0, 0.1) is 11.8 Å². The largest absolute Gasteiger partial charge is 2.00 e. The molecule has 2 N–H and O–H groups in total. The minimum Gasteiger partial charge on any atom is -1.00 e. The van der Waals surface area contributed by atoms with Crippen molar-refractivity contribution in [1.82, 2.24) is 0 Å². The maximum Gasteiger partial charge on any atom is 2.00 e. The molecule has 1 atom stereocenters. The Labute approximate surface area is 191 Å². The van der Waals surface area contributed by atoms with E-state index in [2.05, 4.69) is 13.8 Å². The van der Waals surface area contributed by atoms with Crippen LogP contribution in [0.2, 0.25) is 0 Å². The predicted octanol–water partition coefficient (Wildman–Crippen LogP) is 5.34. The number of aliphatic carboxylic acids is 2. The van der Waals surface area contributed by atoms with Crippen LogP contribution in [0.1, 0.15) is 100 Å². The first-order valence-corrected chi connectivity index (χ1v) is 9.48. The molecule has 0 fully saturated rings. The Balaban J connectivity index is -0.000000807. The SMILES string of the molecule is CCCCCCCCCCC(CCCC)CC(C(=O)O)C(=O)O.[Ba+2].[H-].[H-]. The second-order valence-corrected chi connectivity index (χ2v) is 6.74. The zero-order valence-electron chi connectivity index (χ0n) is 17.8. The van der Waals surface area contributed by atoms with Gasteiger partial charge in [0, 0.05) is 0 Å². The summed E-state index contributed by atoms with van der Waals surface area (Å²) in [5, 5.41) is 18.1. The summed E-state index contributed by atoms with van der Waals surface area (Å²) in [7, 11) is 0. The standard InChI is InChI=1S/C19H36O4.Ba.2H/c1-3-5-7-8-9-10-11-12-14-16(13-6-4-2)15-17(18(20)21)19(22)23;;;/h16-17H,3-15H2,1-2H3,(H,20,21)(H,22,23);;;/q;+2;2*-1. The predicted molar refractivity (Wildman–Crippen MR) is 102 cm³/mol. The maximum atomic E-state index is 11.1. The van der Waals surface area contributed by atoms with Crippen molar-refractivity contribution in [1.29, 1.82) is 0 Å². The van der Waals surface area contributed by atoms with Gasteiger partial charge in [-0.1, -0.05) is 90.9 Å². The molecule has 0 heterocycles. The molecular weight excluding hydrogens is 430 g/mol. The molecule has 1 unspecified atom stereocenters. The zero-order chi connectivity index (χ0) is 17.5. The Bertz CT molecular complexity index is 317. The molecule has 0 saturated carbocycles. The van der Waals surface area contributed by atoms with E-state index in [1.54, 1.807) is 0 Å². The first kappa shape index (κ1) is 26.7. The minimum absolute atomic E-state index is 0. The summed E-state index contributed by atoms with van der Waals surface area (Å²) in [5.74, 6) is -3.41. The van der Waals surface area contributed by atoms with E-state index >= 15 is 0 Å². The molecule has 0 aliphatic carbocycles. The van der Waals surface area contributed by atoms with Crippen LogP contribution >= 0.6 is 0 Å². The van der Waals surface area contributed by atoms with Crippen molar-refractivity contribution >= 4 is 60.8 Å². The van der Waals surface area contributed by atoms with Gasteiger partial charge in [0.05, 0.1) is 0 Å². The fourth-order valence-corrected chi connectivity index (χ4v) is 3.08. The molecule has 0 aromatic rings. The summed E-state index contributed by atoms with van der Waals surface area (Å²) in [6.07, 6.45) is 14.3. The van der Waals surface area contributed by atoms with E-state index in [-0.39, 0.29) is 64.1 Å². The van der Waals surface area contributed by atoms with Crippen LogP contribution in [0.25, 0.3) is 0 Å². The van der Waals surface area contributed by atoms with Gasteiger partial charge in [-0.25, -0.2) is 0 Å². The number of carboxylic acid groups (broad SMARTS) is 2. The summed E-state index contributed by atoms with van der Waals surface area (Å²) in [6.45, 7) is 4.33. The van der Waals surface area contributed by atoms with Gasteiger partial charge in [0.25, 0.3) is 0 Å². The van der Waals surface area contributed by atoms with Crippen molar-refractivity contribution in [3.63, 3.8) is 0 Å². The van der Waals surface area contributed by atoms with Crippen molar-refractivity contribution in [3.05, 3.63) is 0 Å². The molecule has 0 aromatic heterocycles. The quantitative estimate of drug-likeness (QED) is 0.182. The molecule has 0 spiro atoms. The average molecular weight is 468 g/mol. The zero-order valence-corrected chi connectivity index (χ0v) is 20.2. The van der Waals surface area contributed by atoms with E-state index in [0.717, 1.165) is 32.1 Å². The first-order chi connectivity index (χ1) is 11.0. The second-order valence-electron chi connectivity index (χ2n) is 6.74. The van der Waals surface area contributed by atoms with Crippen molar-refractivity contribution in [2.24, 2.45) is 11.8 Å². The maximum absolute atomic E-state index is 11.1. The molecule has 0 aromatic carbocycles. The molecule has 0 amide bonds. The van der Waals surface area contributed by atoms with Gasteiger partial charge in [0.2, 0.25) is 0 Å². The van der Waals surface area contributed by atoms with E-state index in [4.69, 9.17) is 10.2 Å². The van der Waals surface area contributed by atoms with Crippen LogP contribution < -0.4 is 0 Å². The average Bonchev–Trinajstić information content (AvgIpc) is 2.50. The van der Waals surface area contributed by atoms with Gasteiger partial charge < -0.3 is 13.1 Å². The number of carboxylic acids is 2. The third-order valence-corrected chi connectivity index (χ3v) is 4.60. The van der Waals surface area contributed by atoms with Gasteiger partial charge >= 0.3 is 60.8 Å². The minimum atomic E-state index is -1.24. The molecule has 140 valence electrons. The van der Waals surface area contributed by atoms with Gasteiger partial charge in [-0.05, 0) is 12.3 Å². The van der Waals surface area contributed by atoms with Crippen molar-refractivity contribution < 1.29 is 22.7 Å². The van der Waals surface area contributed by atoms with Gasteiger partial charge in [-0.15, -0.1) is 0 Å². The van der Waals surface area contributed by atoms with E-state index in [9.17, 15) is 9.59 Å². The summed E-state index contributed by atoms with van der Waals surface area (Å²) in [6, 6.07) is 0. The molecule has 0 aliphatic rings. The Morgan fingerprint density at radius 3 is 1.62 bits per heavy atom. The van der Waals surface area contributed by atoms with Crippen LogP contribution in [0.15, 0.2) is 0 Å². The number of unbranched alkanes of at least 4 members (excludes halogenated alkanes) is 8. The Morgan fingerprint density at radius 2 is 1.17 bits per heavy atom. The third-order valence-electron chi connectivity index (χ3n) is 4.60. The fourth-order valence-electron chi connectivity index (χ4n) is 3.08. The van der Waals surface area contributed by atoms with Gasteiger partial charge in [0.1, 0.15) is 0 Å². The number of hydrogen-bond acceptors (Lipinski definition) is 2.